The highest BCUT2D eigenvalue weighted by Gasteiger charge is 2.33. The van der Waals surface area contributed by atoms with Crippen LogP contribution in [-0.2, 0) is 14.8 Å². The molecule has 0 spiro atoms. The molecule has 2 fully saturated rings. The minimum atomic E-state index is -3.92. The van der Waals surface area contributed by atoms with Crippen LogP contribution in [0.4, 0.5) is 5.69 Å². The summed E-state index contributed by atoms with van der Waals surface area (Å²) in [5.41, 5.74) is 5.55. The zero-order chi connectivity index (χ0) is 22.0. The van der Waals surface area contributed by atoms with Gasteiger partial charge in [0.15, 0.2) is 5.11 Å². The molecule has 0 bridgehead atoms. The molecule has 3 N–H and O–H groups in total. The highest BCUT2D eigenvalue weighted by atomic mass is 35.5. The topological polar surface area (TPSA) is 112 Å². The van der Waals surface area contributed by atoms with Gasteiger partial charge in [0.2, 0.25) is 0 Å². The third kappa shape index (κ3) is 4.94. The Morgan fingerprint density at radius 3 is 2.87 bits per heavy atom. The van der Waals surface area contributed by atoms with Crippen LogP contribution in [0.1, 0.15) is 48.9 Å². The van der Waals surface area contributed by atoms with Gasteiger partial charge in [-0.25, -0.2) is 0 Å². The number of amidine groups is 1. The molecular formula is C19H24ClN5O4S2. The maximum atomic E-state index is 12.8. The summed E-state index contributed by atoms with van der Waals surface area (Å²) < 4.78 is 35.0. The fourth-order valence-electron chi connectivity index (χ4n) is 3.91. The summed E-state index contributed by atoms with van der Waals surface area (Å²) in [6.07, 6.45) is 5.50. The number of fused-ring (bicyclic) bond motifs is 3. The van der Waals surface area contributed by atoms with Crippen molar-refractivity contribution < 1.29 is 17.9 Å². The number of hydrogen-bond donors (Lipinski definition) is 3. The quantitative estimate of drug-likeness (QED) is 0.441. The van der Waals surface area contributed by atoms with Gasteiger partial charge in [0, 0.05) is 26.1 Å². The van der Waals surface area contributed by atoms with Crippen molar-refractivity contribution in [1.29, 1.82) is 0 Å². The van der Waals surface area contributed by atoms with Crippen LogP contribution in [0.25, 0.3) is 0 Å². The smallest absolute Gasteiger partial charge is 0.286 e. The van der Waals surface area contributed by atoms with E-state index < -0.39 is 15.9 Å². The molecular weight excluding hydrogens is 462 g/mol. The van der Waals surface area contributed by atoms with Crippen molar-refractivity contribution >= 4 is 56.4 Å². The van der Waals surface area contributed by atoms with E-state index in [1.165, 1.54) is 12.1 Å². The minimum Gasteiger partial charge on any atom is -0.376 e. The van der Waals surface area contributed by atoms with Gasteiger partial charge in [-0.3, -0.25) is 15.6 Å². The fourth-order valence-corrected chi connectivity index (χ4v) is 5.55. The SMILES string of the molecule is O=C(NNC(=S)NCC1CCCO1)c1cc2c(cc1Cl)N1CCCCCC1=NS2(=O)=O. The second-order valence-electron chi connectivity index (χ2n) is 7.67. The van der Waals surface area contributed by atoms with Crippen LogP contribution in [0.5, 0.6) is 0 Å². The van der Waals surface area contributed by atoms with Crippen LogP contribution in [0.2, 0.25) is 5.02 Å². The van der Waals surface area contributed by atoms with Crippen molar-refractivity contribution in [2.45, 2.75) is 49.5 Å². The molecule has 4 rings (SSSR count). The maximum Gasteiger partial charge on any atom is 0.286 e. The number of rotatable bonds is 3. The Balaban J connectivity index is 1.48. The maximum absolute atomic E-state index is 12.8. The molecule has 0 aliphatic carbocycles. The lowest BCUT2D eigenvalue weighted by Crippen LogP contribution is -2.48. The van der Waals surface area contributed by atoms with E-state index in [4.69, 9.17) is 28.6 Å². The van der Waals surface area contributed by atoms with Crippen LogP contribution in [-0.4, -0.2) is 51.1 Å². The number of carbonyl (C=O) groups is 1. The number of amides is 1. The van der Waals surface area contributed by atoms with Crippen molar-refractivity contribution in [2.75, 3.05) is 24.6 Å². The Bertz CT molecular complexity index is 1020. The van der Waals surface area contributed by atoms with E-state index >= 15 is 0 Å². The van der Waals surface area contributed by atoms with E-state index in [-0.39, 0.29) is 26.7 Å². The molecule has 3 aliphatic rings. The summed E-state index contributed by atoms with van der Waals surface area (Å²) in [6.45, 7) is 1.94. The zero-order valence-corrected chi connectivity index (χ0v) is 19.2. The lowest BCUT2D eigenvalue weighted by molar-refractivity contribution is 0.0943. The largest absolute Gasteiger partial charge is 0.376 e. The second-order valence-corrected chi connectivity index (χ2v) is 10.1. The number of nitrogens with zero attached hydrogens (tertiary/aromatic N) is 2. The van der Waals surface area contributed by atoms with E-state index in [1.807, 2.05) is 4.90 Å². The normalized spacial score (nSPS) is 21.9. The zero-order valence-electron chi connectivity index (χ0n) is 16.8. The second kappa shape index (κ2) is 9.27. The van der Waals surface area contributed by atoms with Crippen molar-refractivity contribution in [3.63, 3.8) is 0 Å². The van der Waals surface area contributed by atoms with E-state index in [0.29, 0.717) is 31.0 Å². The fraction of sp³-hybridized carbons (Fsp3) is 0.526. The lowest BCUT2D eigenvalue weighted by Gasteiger charge is -2.30. The Kier molecular flexibility index (Phi) is 6.65. The molecule has 31 heavy (non-hydrogen) atoms. The summed E-state index contributed by atoms with van der Waals surface area (Å²) in [6, 6.07) is 2.80. The van der Waals surface area contributed by atoms with Crippen molar-refractivity contribution in [3.8, 4) is 0 Å². The predicted molar refractivity (Wildman–Crippen MR) is 122 cm³/mol. The number of carbonyl (C=O) groups excluding carboxylic acids is 1. The standard InChI is InChI=1S/C19H24ClN5O4S2/c20-14-10-15-16(31(27,28)24-17-6-2-1-3-7-25(15)17)9-13(14)18(26)22-23-19(30)21-11-12-5-4-8-29-12/h9-10,12H,1-8,11H2,(H,22,26)(H2,21,23,30). The first-order valence-corrected chi connectivity index (χ1v) is 12.5. The molecule has 0 radical (unpaired) electrons. The average Bonchev–Trinajstić information content (AvgIpc) is 3.15. The highest BCUT2D eigenvalue weighted by Crippen LogP contribution is 2.37. The van der Waals surface area contributed by atoms with Gasteiger partial charge >= 0.3 is 0 Å². The third-order valence-corrected chi connectivity index (χ3v) is 7.38. The molecule has 1 unspecified atom stereocenters. The number of hydrogen-bond acceptors (Lipinski definition) is 6. The van der Waals surface area contributed by atoms with Gasteiger partial charge in [-0.15, -0.1) is 4.40 Å². The molecule has 3 aliphatic heterocycles. The number of anilines is 1. The summed E-state index contributed by atoms with van der Waals surface area (Å²) in [4.78, 5) is 14.5. The van der Waals surface area contributed by atoms with Gasteiger partial charge in [-0.1, -0.05) is 18.0 Å². The number of ether oxygens (including phenoxy) is 1. The minimum absolute atomic E-state index is 0.0203. The summed E-state index contributed by atoms with van der Waals surface area (Å²) in [7, 11) is -3.92. The monoisotopic (exact) mass is 485 g/mol. The van der Waals surface area contributed by atoms with Gasteiger partial charge in [-0.05, 0) is 50.0 Å². The Labute approximate surface area is 191 Å². The van der Waals surface area contributed by atoms with E-state index in [2.05, 4.69) is 20.6 Å². The molecule has 1 atom stereocenters. The molecule has 0 aromatic heterocycles. The Morgan fingerprint density at radius 2 is 2.10 bits per heavy atom. The molecule has 1 aromatic carbocycles. The van der Waals surface area contributed by atoms with E-state index in [1.54, 1.807) is 0 Å². The summed E-state index contributed by atoms with van der Waals surface area (Å²) >= 11 is 11.5. The van der Waals surface area contributed by atoms with Crippen LogP contribution in [0.15, 0.2) is 21.4 Å². The third-order valence-electron chi connectivity index (χ3n) is 5.49. The predicted octanol–water partition coefficient (Wildman–Crippen LogP) is 2.11. The van der Waals surface area contributed by atoms with Gasteiger partial charge in [0.05, 0.1) is 22.4 Å². The number of halogens is 1. The first kappa shape index (κ1) is 22.3. The van der Waals surface area contributed by atoms with Crippen LogP contribution < -0.4 is 21.1 Å². The number of sulfonamides is 1. The summed E-state index contributed by atoms with van der Waals surface area (Å²) in [5, 5.41) is 3.35. The van der Waals surface area contributed by atoms with E-state index in [0.717, 1.165) is 38.7 Å². The van der Waals surface area contributed by atoms with Crippen LogP contribution >= 0.6 is 23.8 Å². The first-order valence-electron chi connectivity index (χ1n) is 10.3. The Hall–Kier alpha value is -1.95. The molecule has 9 nitrogen and oxygen atoms in total. The van der Waals surface area contributed by atoms with Crippen molar-refractivity contribution in [3.05, 3.63) is 22.7 Å². The molecule has 0 saturated carbocycles. The number of thiocarbonyl (C=S) groups is 1. The lowest BCUT2D eigenvalue weighted by atomic mass is 10.1. The van der Waals surface area contributed by atoms with Crippen LogP contribution in [0, 0.1) is 0 Å². The van der Waals surface area contributed by atoms with E-state index in [9.17, 15) is 13.2 Å². The highest BCUT2D eigenvalue weighted by molar-refractivity contribution is 7.90. The molecule has 168 valence electrons. The van der Waals surface area contributed by atoms with Gasteiger partial charge in [0.1, 0.15) is 10.7 Å². The number of nitrogens with one attached hydrogen (secondary N) is 3. The van der Waals surface area contributed by atoms with Crippen molar-refractivity contribution in [2.24, 2.45) is 4.40 Å². The molecule has 3 heterocycles. The average molecular weight is 486 g/mol. The number of benzene rings is 1. The van der Waals surface area contributed by atoms with Gasteiger partial charge in [0.25, 0.3) is 15.9 Å². The molecule has 1 amide bonds. The van der Waals surface area contributed by atoms with Gasteiger partial charge in [-0.2, -0.15) is 8.42 Å². The molecule has 2 saturated heterocycles. The van der Waals surface area contributed by atoms with Gasteiger partial charge < -0.3 is 15.0 Å². The first-order chi connectivity index (χ1) is 14.8. The van der Waals surface area contributed by atoms with Crippen molar-refractivity contribution in [1.82, 2.24) is 16.2 Å². The molecule has 12 heteroatoms. The van der Waals surface area contributed by atoms with Crippen LogP contribution in [0.3, 0.4) is 0 Å². The summed E-state index contributed by atoms with van der Waals surface area (Å²) in [5.74, 6) is -0.0718. The molecule has 1 aromatic rings. The number of hydrazine groups is 1. The Morgan fingerprint density at radius 1 is 1.26 bits per heavy atom.